The van der Waals surface area contributed by atoms with Crippen molar-refractivity contribution in [1.82, 2.24) is 9.80 Å². The van der Waals surface area contributed by atoms with Crippen LogP contribution in [-0.4, -0.2) is 54.0 Å². The molecule has 2 saturated carbocycles. The summed E-state index contributed by atoms with van der Waals surface area (Å²) in [6, 6.07) is 8.13. The third kappa shape index (κ3) is 4.47. The van der Waals surface area contributed by atoms with Gasteiger partial charge < -0.3 is 14.9 Å². The molecule has 3 rings (SSSR count). The molecule has 1 aromatic rings. The van der Waals surface area contributed by atoms with Gasteiger partial charge in [-0.1, -0.05) is 12.1 Å². The summed E-state index contributed by atoms with van der Waals surface area (Å²) in [5, 5.41) is 9.45. The Morgan fingerprint density at radius 1 is 1.13 bits per heavy atom. The summed E-state index contributed by atoms with van der Waals surface area (Å²) >= 11 is 0. The Kier molecular flexibility index (Phi) is 4.90. The molecule has 126 valence electrons. The normalized spacial score (nSPS) is 18.9. The van der Waals surface area contributed by atoms with Gasteiger partial charge in [0.05, 0.1) is 0 Å². The second-order valence-corrected chi connectivity index (χ2v) is 7.27. The van der Waals surface area contributed by atoms with Crippen LogP contribution in [0.25, 0.3) is 0 Å². The SMILES string of the molecule is CN(CCN(C)C1CC1)C(=O)CC(c1ccc(O)cc1)C1CC1. The lowest BCUT2D eigenvalue weighted by molar-refractivity contribution is -0.130. The van der Waals surface area contributed by atoms with Gasteiger partial charge >= 0.3 is 0 Å². The maximum absolute atomic E-state index is 12.6. The number of likely N-dealkylation sites (N-methyl/N-ethyl adjacent to an activating group) is 2. The lowest BCUT2D eigenvalue weighted by Gasteiger charge is -2.24. The molecular weight excluding hydrogens is 288 g/mol. The Morgan fingerprint density at radius 2 is 1.78 bits per heavy atom. The van der Waals surface area contributed by atoms with E-state index in [0.717, 1.165) is 19.1 Å². The molecule has 0 aliphatic heterocycles. The fourth-order valence-corrected chi connectivity index (χ4v) is 3.25. The van der Waals surface area contributed by atoms with Crippen LogP contribution in [0.15, 0.2) is 24.3 Å². The van der Waals surface area contributed by atoms with Gasteiger partial charge in [0, 0.05) is 32.6 Å². The summed E-state index contributed by atoms with van der Waals surface area (Å²) in [5.74, 6) is 1.45. The average Bonchev–Trinajstić information content (AvgIpc) is 3.41. The van der Waals surface area contributed by atoms with Crippen molar-refractivity contribution in [1.29, 1.82) is 0 Å². The first kappa shape index (κ1) is 16.3. The van der Waals surface area contributed by atoms with Crippen molar-refractivity contribution in [3.8, 4) is 5.75 Å². The van der Waals surface area contributed by atoms with Crippen LogP contribution in [-0.2, 0) is 4.79 Å². The highest BCUT2D eigenvalue weighted by Crippen LogP contribution is 2.44. The minimum atomic E-state index is 0.235. The van der Waals surface area contributed by atoms with Crippen molar-refractivity contribution >= 4 is 5.91 Å². The number of aromatic hydroxyl groups is 1. The van der Waals surface area contributed by atoms with Gasteiger partial charge in [-0.25, -0.2) is 0 Å². The van der Waals surface area contributed by atoms with E-state index in [0.29, 0.717) is 18.3 Å². The van der Waals surface area contributed by atoms with Crippen LogP contribution in [0, 0.1) is 5.92 Å². The molecule has 23 heavy (non-hydrogen) atoms. The van der Waals surface area contributed by atoms with Gasteiger partial charge in [0.25, 0.3) is 0 Å². The molecule has 2 aliphatic carbocycles. The average molecular weight is 316 g/mol. The molecule has 1 atom stereocenters. The zero-order chi connectivity index (χ0) is 16.4. The molecular formula is C19H28N2O2. The first-order chi connectivity index (χ1) is 11.0. The maximum atomic E-state index is 12.6. The zero-order valence-corrected chi connectivity index (χ0v) is 14.2. The van der Waals surface area contributed by atoms with Crippen molar-refractivity contribution in [3.63, 3.8) is 0 Å². The monoisotopic (exact) mass is 316 g/mol. The van der Waals surface area contributed by atoms with Gasteiger partial charge in [0.2, 0.25) is 5.91 Å². The molecule has 0 heterocycles. The number of hydrogen-bond donors (Lipinski definition) is 1. The smallest absolute Gasteiger partial charge is 0.222 e. The lowest BCUT2D eigenvalue weighted by atomic mass is 9.90. The van der Waals surface area contributed by atoms with E-state index in [2.05, 4.69) is 11.9 Å². The van der Waals surface area contributed by atoms with Gasteiger partial charge in [0.15, 0.2) is 0 Å². The van der Waals surface area contributed by atoms with E-state index in [1.165, 1.54) is 31.2 Å². The minimum Gasteiger partial charge on any atom is -0.508 e. The predicted molar refractivity (Wildman–Crippen MR) is 91.5 cm³/mol. The van der Waals surface area contributed by atoms with Crippen LogP contribution in [0.3, 0.4) is 0 Å². The second kappa shape index (κ2) is 6.91. The quantitative estimate of drug-likeness (QED) is 0.802. The van der Waals surface area contributed by atoms with Crippen molar-refractivity contribution < 1.29 is 9.90 Å². The highest BCUT2D eigenvalue weighted by atomic mass is 16.3. The Morgan fingerprint density at radius 3 is 2.35 bits per heavy atom. The number of hydrogen-bond acceptors (Lipinski definition) is 3. The van der Waals surface area contributed by atoms with Crippen molar-refractivity contribution in [2.24, 2.45) is 5.92 Å². The number of amides is 1. The molecule has 0 spiro atoms. The summed E-state index contributed by atoms with van der Waals surface area (Å²) in [5.41, 5.74) is 1.18. The Labute approximate surface area is 139 Å². The minimum absolute atomic E-state index is 0.235. The van der Waals surface area contributed by atoms with E-state index in [1.807, 2.05) is 24.1 Å². The Balaban J connectivity index is 1.54. The zero-order valence-electron chi connectivity index (χ0n) is 14.2. The van der Waals surface area contributed by atoms with Gasteiger partial charge in [-0.05, 0) is 62.3 Å². The second-order valence-electron chi connectivity index (χ2n) is 7.27. The fourth-order valence-electron chi connectivity index (χ4n) is 3.25. The van der Waals surface area contributed by atoms with E-state index in [1.54, 1.807) is 12.1 Å². The molecule has 0 saturated heterocycles. The van der Waals surface area contributed by atoms with E-state index < -0.39 is 0 Å². The van der Waals surface area contributed by atoms with Gasteiger partial charge in [-0.2, -0.15) is 0 Å². The number of benzene rings is 1. The van der Waals surface area contributed by atoms with Crippen LogP contribution < -0.4 is 0 Å². The molecule has 4 nitrogen and oxygen atoms in total. The summed E-state index contributed by atoms with van der Waals surface area (Å²) in [6.45, 7) is 1.76. The lowest BCUT2D eigenvalue weighted by Crippen LogP contribution is -2.36. The molecule has 1 amide bonds. The molecule has 2 aliphatic rings. The van der Waals surface area contributed by atoms with Crippen molar-refractivity contribution in [3.05, 3.63) is 29.8 Å². The molecule has 1 unspecified atom stereocenters. The highest BCUT2D eigenvalue weighted by Gasteiger charge is 2.34. The van der Waals surface area contributed by atoms with E-state index >= 15 is 0 Å². The summed E-state index contributed by atoms with van der Waals surface area (Å²) in [7, 11) is 4.07. The Bertz CT molecular complexity index is 535. The number of rotatable bonds is 8. The molecule has 0 radical (unpaired) electrons. The topological polar surface area (TPSA) is 43.8 Å². The van der Waals surface area contributed by atoms with Crippen LogP contribution in [0.1, 0.15) is 43.6 Å². The van der Waals surface area contributed by atoms with E-state index in [-0.39, 0.29) is 11.7 Å². The molecule has 1 N–H and O–H groups in total. The molecule has 1 aromatic carbocycles. The highest BCUT2D eigenvalue weighted by molar-refractivity contribution is 5.77. The first-order valence-electron chi connectivity index (χ1n) is 8.77. The number of carbonyl (C=O) groups excluding carboxylic acids is 1. The van der Waals surface area contributed by atoms with Gasteiger partial charge in [-0.3, -0.25) is 4.79 Å². The van der Waals surface area contributed by atoms with Crippen LogP contribution in [0.2, 0.25) is 0 Å². The van der Waals surface area contributed by atoms with Crippen LogP contribution in [0.4, 0.5) is 0 Å². The Hall–Kier alpha value is -1.55. The van der Waals surface area contributed by atoms with E-state index in [4.69, 9.17) is 0 Å². The largest absolute Gasteiger partial charge is 0.508 e. The van der Waals surface area contributed by atoms with Crippen LogP contribution >= 0.6 is 0 Å². The molecule has 0 bridgehead atoms. The third-order valence-electron chi connectivity index (χ3n) is 5.29. The summed E-state index contributed by atoms with van der Waals surface area (Å²) in [4.78, 5) is 16.8. The van der Waals surface area contributed by atoms with Crippen LogP contribution in [0.5, 0.6) is 5.75 Å². The van der Waals surface area contributed by atoms with Gasteiger partial charge in [0.1, 0.15) is 5.75 Å². The molecule has 0 aromatic heterocycles. The predicted octanol–water partition coefficient (Wildman–Crippen LogP) is 2.83. The van der Waals surface area contributed by atoms with Crippen molar-refractivity contribution in [2.75, 3.05) is 27.2 Å². The first-order valence-corrected chi connectivity index (χ1v) is 8.77. The number of nitrogens with zero attached hydrogens (tertiary/aromatic N) is 2. The summed E-state index contributed by atoms with van der Waals surface area (Å²) in [6.07, 6.45) is 5.62. The number of carbonyl (C=O) groups is 1. The van der Waals surface area contributed by atoms with Crippen molar-refractivity contribution in [2.45, 2.75) is 44.1 Å². The van der Waals surface area contributed by atoms with E-state index in [9.17, 15) is 9.90 Å². The molecule has 2 fully saturated rings. The third-order valence-corrected chi connectivity index (χ3v) is 5.29. The standard InChI is InChI=1S/C19H28N2O2/c1-20(16-7-8-16)11-12-21(2)19(23)13-18(14-3-4-14)15-5-9-17(22)10-6-15/h5-6,9-10,14,16,18,22H,3-4,7-8,11-13H2,1-2H3. The van der Waals surface area contributed by atoms with Gasteiger partial charge in [-0.15, -0.1) is 0 Å². The number of phenolic OH excluding ortho intramolecular Hbond substituents is 1. The summed E-state index contributed by atoms with van der Waals surface area (Å²) < 4.78 is 0. The molecule has 4 heteroatoms. The fraction of sp³-hybridized carbons (Fsp3) is 0.632. The maximum Gasteiger partial charge on any atom is 0.222 e. The number of phenols is 1.